The maximum atomic E-state index is 6.07. The van der Waals surface area contributed by atoms with Gasteiger partial charge >= 0.3 is 0 Å². The molecule has 0 bridgehead atoms. The van der Waals surface area contributed by atoms with E-state index in [1.165, 1.54) is 18.4 Å². The molecular formula is C16H22N4O. The van der Waals surface area contributed by atoms with Crippen molar-refractivity contribution in [2.45, 2.75) is 64.6 Å². The maximum absolute atomic E-state index is 6.07. The number of hydrogen-bond acceptors (Lipinski definition) is 3. The zero-order valence-corrected chi connectivity index (χ0v) is 12.9. The molecule has 1 fully saturated rings. The predicted octanol–water partition coefficient (Wildman–Crippen LogP) is 3.38. The van der Waals surface area contributed by atoms with Crippen LogP contribution in [0.4, 0.5) is 0 Å². The molecule has 2 aromatic heterocycles. The quantitative estimate of drug-likeness (QED) is 0.869. The van der Waals surface area contributed by atoms with Gasteiger partial charge in [-0.1, -0.05) is 13.8 Å². The Balaban J connectivity index is 1.79. The molecule has 2 aromatic rings. The predicted molar refractivity (Wildman–Crippen MR) is 80.5 cm³/mol. The lowest BCUT2D eigenvalue weighted by atomic mass is 10.0. The summed E-state index contributed by atoms with van der Waals surface area (Å²) in [6.45, 7) is 7.48. The van der Waals surface area contributed by atoms with Gasteiger partial charge in [-0.05, 0) is 25.7 Å². The average Bonchev–Trinajstić information content (AvgIpc) is 3.05. The minimum atomic E-state index is 0.272. The van der Waals surface area contributed by atoms with Crippen LogP contribution in [0.5, 0.6) is 5.88 Å². The van der Waals surface area contributed by atoms with Crippen molar-refractivity contribution in [2.24, 2.45) is 0 Å². The van der Waals surface area contributed by atoms with Crippen molar-refractivity contribution in [3.05, 3.63) is 18.0 Å². The van der Waals surface area contributed by atoms with Crippen molar-refractivity contribution >= 4 is 0 Å². The highest BCUT2D eigenvalue weighted by Gasteiger charge is 2.29. The van der Waals surface area contributed by atoms with Gasteiger partial charge in [0.2, 0.25) is 5.88 Å². The highest BCUT2D eigenvalue weighted by atomic mass is 16.5. The topological polar surface area (TPSA) is 44.9 Å². The highest BCUT2D eigenvalue weighted by molar-refractivity contribution is 5.65. The molecule has 0 unspecified atom stereocenters. The summed E-state index contributed by atoms with van der Waals surface area (Å²) in [6.07, 6.45) is 7.88. The second-order valence-corrected chi connectivity index (χ2v) is 6.60. The van der Waals surface area contributed by atoms with Gasteiger partial charge in [-0.25, -0.2) is 4.68 Å². The average molecular weight is 286 g/mol. The fourth-order valence-corrected chi connectivity index (χ4v) is 3.02. The lowest BCUT2D eigenvalue weighted by Crippen LogP contribution is -2.23. The van der Waals surface area contributed by atoms with Crippen LogP contribution in [0.1, 0.15) is 57.6 Å². The monoisotopic (exact) mass is 286 g/mol. The van der Waals surface area contributed by atoms with Crippen molar-refractivity contribution in [2.75, 3.05) is 0 Å². The Hall–Kier alpha value is -1.78. The van der Waals surface area contributed by atoms with E-state index in [0.29, 0.717) is 12.0 Å². The van der Waals surface area contributed by atoms with Gasteiger partial charge in [-0.15, -0.1) is 0 Å². The molecule has 5 nitrogen and oxygen atoms in total. The maximum Gasteiger partial charge on any atom is 0.216 e. The van der Waals surface area contributed by atoms with Gasteiger partial charge in [-0.3, -0.25) is 4.68 Å². The molecule has 4 rings (SSSR count). The third kappa shape index (κ3) is 2.15. The molecule has 1 aliphatic heterocycles. The molecule has 0 spiro atoms. The van der Waals surface area contributed by atoms with Crippen molar-refractivity contribution in [1.82, 2.24) is 19.6 Å². The molecule has 0 amide bonds. The van der Waals surface area contributed by atoms with Crippen molar-refractivity contribution < 1.29 is 4.74 Å². The summed E-state index contributed by atoms with van der Waals surface area (Å²) in [5, 5.41) is 9.31. The molecule has 112 valence electrons. The number of nitrogens with zero attached hydrogens (tertiary/aromatic N) is 4. The Morgan fingerprint density at radius 3 is 2.81 bits per heavy atom. The zero-order valence-electron chi connectivity index (χ0n) is 12.9. The minimum absolute atomic E-state index is 0.272. The minimum Gasteiger partial charge on any atom is -0.475 e. The molecule has 5 heteroatoms. The van der Waals surface area contributed by atoms with E-state index in [4.69, 9.17) is 9.84 Å². The lowest BCUT2D eigenvalue weighted by molar-refractivity contribution is 0.147. The summed E-state index contributed by atoms with van der Waals surface area (Å²) >= 11 is 0. The third-order valence-corrected chi connectivity index (χ3v) is 4.37. The molecule has 1 atom stereocenters. The first kappa shape index (κ1) is 12.9. The number of hydrogen-bond donors (Lipinski definition) is 0. The van der Waals surface area contributed by atoms with Gasteiger partial charge in [-0.2, -0.15) is 10.2 Å². The van der Waals surface area contributed by atoms with Gasteiger partial charge in [0.15, 0.2) is 0 Å². The summed E-state index contributed by atoms with van der Waals surface area (Å²) in [6, 6.07) is 0.606. The van der Waals surface area contributed by atoms with Gasteiger partial charge in [0.25, 0.3) is 0 Å². The first-order chi connectivity index (χ1) is 10.1. The van der Waals surface area contributed by atoms with Crippen LogP contribution in [0.3, 0.4) is 0 Å². The van der Waals surface area contributed by atoms with Crippen molar-refractivity contribution in [1.29, 1.82) is 0 Å². The van der Waals surface area contributed by atoms with Crippen LogP contribution in [0, 0.1) is 0 Å². The smallest absolute Gasteiger partial charge is 0.216 e. The molecule has 3 heterocycles. The highest BCUT2D eigenvalue weighted by Crippen LogP contribution is 2.40. The van der Waals surface area contributed by atoms with Crippen LogP contribution in [0.2, 0.25) is 0 Å². The molecule has 0 radical (unpaired) electrons. The van der Waals surface area contributed by atoms with Crippen LogP contribution in [0.25, 0.3) is 11.3 Å². The van der Waals surface area contributed by atoms with E-state index in [9.17, 15) is 0 Å². The summed E-state index contributed by atoms with van der Waals surface area (Å²) in [7, 11) is 0. The molecule has 2 aliphatic rings. The first-order valence-electron chi connectivity index (χ1n) is 7.95. The van der Waals surface area contributed by atoms with Crippen molar-refractivity contribution in [3.63, 3.8) is 0 Å². The van der Waals surface area contributed by atoms with Gasteiger partial charge < -0.3 is 4.74 Å². The second kappa shape index (κ2) is 4.61. The van der Waals surface area contributed by atoms with E-state index in [1.54, 1.807) is 0 Å². The van der Waals surface area contributed by atoms with Crippen LogP contribution in [-0.2, 0) is 6.54 Å². The fraction of sp³-hybridized carbons (Fsp3) is 0.625. The molecule has 0 saturated heterocycles. The molecule has 21 heavy (non-hydrogen) atoms. The van der Waals surface area contributed by atoms with E-state index < -0.39 is 0 Å². The molecule has 0 aromatic carbocycles. The summed E-state index contributed by atoms with van der Waals surface area (Å²) < 4.78 is 10.2. The number of aryl methyl sites for hydroxylation is 1. The lowest BCUT2D eigenvalue weighted by Gasteiger charge is -2.23. The summed E-state index contributed by atoms with van der Waals surface area (Å²) in [5.74, 6) is 1.34. The summed E-state index contributed by atoms with van der Waals surface area (Å²) in [5.41, 5.74) is 3.38. The van der Waals surface area contributed by atoms with E-state index in [1.807, 2.05) is 10.9 Å². The molecular weight excluding hydrogens is 264 g/mol. The Labute approximate surface area is 124 Å². The standard InChI is InChI=1S/C16H22N4O/c1-10(2)14-15(12-8-17-20(9-12)13-4-5-13)18-19-7-6-11(3)21-16(14)19/h8-11,13H,4-7H2,1-3H3/t11-/m1/s1. The van der Waals surface area contributed by atoms with E-state index >= 15 is 0 Å². The largest absolute Gasteiger partial charge is 0.475 e. The van der Waals surface area contributed by atoms with Gasteiger partial charge in [0.05, 0.1) is 18.3 Å². The summed E-state index contributed by atoms with van der Waals surface area (Å²) in [4.78, 5) is 0. The molecule has 1 saturated carbocycles. The molecule has 1 aliphatic carbocycles. The first-order valence-corrected chi connectivity index (χ1v) is 7.95. The van der Waals surface area contributed by atoms with E-state index in [0.717, 1.165) is 30.1 Å². The number of aromatic nitrogens is 4. The van der Waals surface area contributed by atoms with E-state index in [-0.39, 0.29) is 6.10 Å². The third-order valence-electron chi connectivity index (χ3n) is 4.37. The number of rotatable bonds is 3. The van der Waals surface area contributed by atoms with Crippen LogP contribution in [-0.4, -0.2) is 25.7 Å². The Morgan fingerprint density at radius 1 is 1.29 bits per heavy atom. The fourth-order valence-electron chi connectivity index (χ4n) is 3.02. The van der Waals surface area contributed by atoms with Crippen molar-refractivity contribution in [3.8, 4) is 17.1 Å². The number of fused-ring (bicyclic) bond motifs is 1. The Morgan fingerprint density at radius 2 is 2.10 bits per heavy atom. The second-order valence-electron chi connectivity index (χ2n) is 6.60. The molecule has 0 N–H and O–H groups in total. The number of ether oxygens (including phenoxy) is 1. The van der Waals surface area contributed by atoms with Crippen LogP contribution < -0.4 is 4.74 Å². The normalized spacial score (nSPS) is 21.4. The van der Waals surface area contributed by atoms with Crippen LogP contribution in [0.15, 0.2) is 12.4 Å². The van der Waals surface area contributed by atoms with Crippen LogP contribution >= 0.6 is 0 Å². The van der Waals surface area contributed by atoms with E-state index in [2.05, 4.69) is 36.7 Å². The Bertz CT molecular complexity index is 666. The van der Waals surface area contributed by atoms with Gasteiger partial charge in [0.1, 0.15) is 5.69 Å². The zero-order chi connectivity index (χ0) is 14.6. The SMILES string of the molecule is CC(C)c1c(-c2cnn(C3CC3)c2)nn2c1O[C@H](C)CC2. The van der Waals surface area contributed by atoms with Gasteiger partial charge in [0, 0.05) is 30.3 Å². The Kier molecular flexibility index (Phi) is 2.84.